The van der Waals surface area contributed by atoms with Crippen molar-refractivity contribution in [2.75, 3.05) is 14.2 Å². The van der Waals surface area contributed by atoms with Crippen LogP contribution in [0.5, 0.6) is 5.88 Å². The molecule has 16 heavy (non-hydrogen) atoms. The molecule has 1 heterocycles. The maximum absolute atomic E-state index is 12.6. The monoisotopic (exact) mass is 251 g/mol. The predicted molar refractivity (Wildman–Crippen MR) is 52.1 cm³/mol. The fourth-order valence-electron chi connectivity index (χ4n) is 1.06. The first-order valence-corrected chi connectivity index (χ1v) is 4.50. The number of pyridine rings is 1. The minimum Gasteiger partial charge on any atom is -0.480 e. The molecule has 1 rings (SSSR count). The maximum Gasteiger partial charge on any atom is 0.357 e. The van der Waals surface area contributed by atoms with Crippen LogP contribution in [0.4, 0.5) is 8.78 Å². The molecule has 0 saturated heterocycles. The van der Waals surface area contributed by atoms with Gasteiger partial charge in [0.05, 0.1) is 19.8 Å². The first kappa shape index (κ1) is 12.6. The number of carbonyl (C=O) groups excluding carboxylic acids is 1. The van der Waals surface area contributed by atoms with Crippen LogP contribution in [0.3, 0.4) is 0 Å². The van der Waals surface area contributed by atoms with Crippen molar-refractivity contribution in [1.29, 1.82) is 0 Å². The van der Waals surface area contributed by atoms with Crippen LogP contribution in [0.15, 0.2) is 6.07 Å². The Hall–Kier alpha value is -1.43. The quantitative estimate of drug-likeness (QED) is 0.775. The third kappa shape index (κ3) is 2.38. The van der Waals surface area contributed by atoms with E-state index in [9.17, 15) is 13.6 Å². The number of methoxy groups -OCH3 is 2. The molecular weight excluding hydrogens is 244 g/mol. The molecule has 0 unspecified atom stereocenters. The standard InChI is InChI=1S/C9H8ClF2NO3/c1-15-8-5(10)3-4(7(11)12)6(13-8)9(14)16-2/h3,7H,1-2H3. The number of aromatic nitrogens is 1. The van der Waals surface area contributed by atoms with Crippen molar-refractivity contribution >= 4 is 17.6 Å². The van der Waals surface area contributed by atoms with Gasteiger partial charge in [0.25, 0.3) is 6.43 Å². The van der Waals surface area contributed by atoms with Gasteiger partial charge in [-0.3, -0.25) is 0 Å². The lowest BCUT2D eigenvalue weighted by Gasteiger charge is -2.09. The van der Waals surface area contributed by atoms with Gasteiger partial charge in [-0.15, -0.1) is 0 Å². The number of rotatable bonds is 3. The molecule has 0 bridgehead atoms. The van der Waals surface area contributed by atoms with Gasteiger partial charge in [-0.05, 0) is 6.07 Å². The van der Waals surface area contributed by atoms with E-state index in [0.29, 0.717) is 0 Å². The summed E-state index contributed by atoms with van der Waals surface area (Å²) in [4.78, 5) is 14.8. The van der Waals surface area contributed by atoms with Crippen LogP contribution < -0.4 is 4.74 Å². The molecule has 0 atom stereocenters. The van der Waals surface area contributed by atoms with Crippen molar-refractivity contribution in [2.24, 2.45) is 0 Å². The highest BCUT2D eigenvalue weighted by molar-refractivity contribution is 6.32. The Kier molecular flexibility index (Phi) is 4.00. The molecule has 0 saturated carbocycles. The molecule has 88 valence electrons. The number of hydrogen-bond donors (Lipinski definition) is 0. The zero-order valence-electron chi connectivity index (χ0n) is 8.46. The topological polar surface area (TPSA) is 48.4 Å². The highest BCUT2D eigenvalue weighted by atomic mass is 35.5. The Morgan fingerprint density at radius 2 is 2.12 bits per heavy atom. The summed E-state index contributed by atoms with van der Waals surface area (Å²) >= 11 is 5.62. The third-order valence-electron chi connectivity index (χ3n) is 1.78. The van der Waals surface area contributed by atoms with Crippen molar-refractivity contribution in [3.8, 4) is 5.88 Å². The first-order valence-electron chi connectivity index (χ1n) is 4.12. The van der Waals surface area contributed by atoms with E-state index < -0.39 is 23.7 Å². The Bertz CT molecular complexity index is 412. The van der Waals surface area contributed by atoms with Crippen molar-refractivity contribution in [3.05, 3.63) is 22.3 Å². The van der Waals surface area contributed by atoms with Crippen molar-refractivity contribution in [2.45, 2.75) is 6.43 Å². The summed E-state index contributed by atoms with van der Waals surface area (Å²) in [6.07, 6.45) is -2.87. The second-order valence-electron chi connectivity index (χ2n) is 2.71. The number of halogens is 3. The molecule has 4 nitrogen and oxygen atoms in total. The molecule has 1 aromatic rings. The average molecular weight is 252 g/mol. The van der Waals surface area contributed by atoms with Gasteiger partial charge in [0.15, 0.2) is 5.69 Å². The van der Waals surface area contributed by atoms with Gasteiger partial charge in [-0.25, -0.2) is 18.6 Å². The molecule has 0 amide bonds. The second kappa shape index (κ2) is 5.07. The molecular formula is C9H8ClF2NO3. The summed E-state index contributed by atoms with van der Waals surface area (Å²) in [5.74, 6) is -1.07. The number of esters is 1. The van der Waals surface area contributed by atoms with Crippen LogP contribution in [-0.2, 0) is 4.74 Å². The lowest BCUT2D eigenvalue weighted by Crippen LogP contribution is -2.10. The highest BCUT2D eigenvalue weighted by Crippen LogP contribution is 2.30. The second-order valence-corrected chi connectivity index (χ2v) is 3.12. The first-order chi connectivity index (χ1) is 7.51. The van der Waals surface area contributed by atoms with Crippen molar-refractivity contribution < 1.29 is 23.0 Å². The zero-order valence-corrected chi connectivity index (χ0v) is 9.22. The molecule has 0 aliphatic rings. The van der Waals surface area contributed by atoms with Crippen molar-refractivity contribution in [3.63, 3.8) is 0 Å². The fourth-order valence-corrected chi connectivity index (χ4v) is 1.29. The molecule has 0 radical (unpaired) electrons. The van der Waals surface area contributed by atoms with E-state index in [2.05, 4.69) is 9.72 Å². The largest absolute Gasteiger partial charge is 0.480 e. The summed E-state index contributed by atoms with van der Waals surface area (Å²) in [5.41, 5.74) is -1.09. The van der Waals surface area contributed by atoms with Crippen LogP contribution in [0.1, 0.15) is 22.5 Å². The number of carbonyl (C=O) groups is 1. The minimum atomic E-state index is -2.87. The predicted octanol–water partition coefficient (Wildman–Crippen LogP) is 2.47. The smallest absolute Gasteiger partial charge is 0.357 e. The van der Waals surface area contributed by atoms with Gasteiger partial charge >= 0.3 is 5.97 Å². The van der Waals surface area contributed by atoms with Gasteiger partial charge in [-0.2, -0.15) is 0 Å². The van der Waals surface area contributed by atoms with E-state index in [-0.39, 0.29) is 10.9 Å². The van der Waals surface area contributed by atoms with Crippen LogP contribution in [0, 0.1) is 0 Å². The lowest BCUT2D eigenvalue weighted by atomic mass is 10.2. The van der Waals surface area contributed by atoms with E-state index in [1.807, 2.05) is 0 Å². The van der Waals surface area contributed by atoms with Gasteiger partial charge in [0, 0.05) is 0 Å². The lowest BCUT2D eigenvalue weighted by molar-refractivity contribution is 0.0580. The Balaban J connectivity index is 3.36. The fraction of sp³-hybridized carbons (Fsp3) is 0.333. The Labute approximate surface area is 95.1 Å². The molecule has 7 heteroatoms. The van der Waals surface area contributed by atoms with Crippen LogP contribution in [0.25, 0.3) is 0 Å². The van der Waals surface area contributed by atoms with Crippen molar-refractivity contribution in [1.82, 2.24) is 4.98 Å². The summed E-state index contributed by atoms with van der Waals surface area (Å²) in [6, 6.07) is 0.935. The summed E-state index contributed by atoms with van der Waals surface area (Å²) in [6.45, 7) is 0. The molecule has 0 fully saturated rings. The molecule has 1 aromatic heterocycles. The number of ether oxygens (including phenoxy) is 2. The molecule has 0 aliphatic heterocycles. The number of alkyl halides is 2. The minimum absolute atomic E-state index is 0.0922. The van der Waals surface area contributed by atoms with Gasteiger partial charge in [0.1, 0.15) is 5.02 Å². The summed E-state index contributed by atoms with van der Waals surface area (Å²) in [7, 11) is 2.33. The van der Waals surface area contributed by atoms with E-state index in [0.717, 1.165) is 13.2 Å². The van der Waals surface area contributed by atoms with Crippen LogP contribution >= 0.6 is 11.6 Å². The third-order valence-corrected chi connectivity index (χ3v) is 2.05. The van der Waals surface area contributed by atoms with E-state index in [1.165, 1.54) is 7.11 Å². The van der Waals surface area contributed by atoms with E-state index in [4.69, 9.17) is 16.3 Å². The highest BCUT2D eigenvalue weighted by Gasteiger charge is 2.23. The van der Waals surface area contributed by atoms with E-state index >= 15 is 0 Å². The normalized spacial score (nSPS) is 10.4. The summed E-state index contributed by atoms with van der Waals surface area (Å²) in [5, 5.41) is -0.0922. The van der Waals surface area contributed by atoms with Gasteiger partial charge in [0.2, 0.25) is 5.88 Å². The Morgan fingerprint density at radius 3 is 2.56 bits per heavy atom. The zero-order chi connectivity index (χ0) is 12.3. The number of hydrogen-bond acceptors (Lipinski definition) is 4. The van der Waals surface area contributed by atoms with Crippen LogP contribution in [-0.4, -0.2) is 25.2 Å². The Morgan fingerprint density at radius 1 is 1.50 bits per heavy atom. The molecule has 0 N–H and O–H groups in total. The maximum atomic E-state index is 12.6. The average Bonchev–Trinajstić information content (AvgIpc) is 2.27. The SMILES string of the molecule is COC(=O)c1nc(OC)c(Cl)cc1C(F)F. The number of nitrogens with zero attached hydrogens (tertiary/aromatic N) is 1. The molecule has 0 spiro atoms. The summed E-state index contributed by atoms with van der Waals surface area (Å²) < 4.78 is 34.2. The molecule has 0 aromatic carbocycles. The van der Waals surface area contributed by atoms with Gasteiger partial charge in [-0.1, -0.05) is 11.6 Å². The van der Waals surface area contributed by atoms with Gasteiger partial charge < -0.3 is 9.47 Å². The molecule has 0 aliphatic carbocycles. The van der Waals surface area contributed by atoms with Crippen LogP contribution in [0.2, 0.25) is 5.02 Å². The van der Waals surface area contributed by atoms with E-state index in [1.54, 1.807) is 0 Å².